The molecule has 11 heteroatoms. The van der Waals surface area contributed by atoms with Crippen LogP contribution in [0.2, 0.25) is 0 Å². The van der Waals surface area contributed by atoms with Gasteiger partial charge in [0.05, 0.1) is 28.3 Å². The SMILES string of the molecule is Cc1cc(Oc2ccc(C(=O)N[C@H](C)C(=O)N3[C@H](C4(C)C=C(Cl)C(F)=CC4)CC[C@@H]3C(C)(C)C#N)cc2C)c(=O)[nH]n1. The third-order valence-electron chi connectivity index (χ3n) is 8.20. The van der Waals surface area contributed by atoms with Crippen molar-refractivity contribution in [3.05, 3.63) is 74.5 Å². The number of hydrogen-bond acceptors (Lipinski definition) is 6. The lowest BCUT2D eigenvalue weighted by Crippen LogP contribution is -2.57. The summed E-state index contributed by atoms with van der Waals surface area (Å²) in [5, 5.41) is 18.9. The number of halogens is 2. The first-order chi connectivity index (χ1) is 19.7. The Kier molecular flexibility index (Phi) is 8.65. The molecule has 2 heterocycles. The number of carbonyl (C=O) groups excluding carboxylic acids is 2. The minimum absolute atomic E-state index is 0.00645. The smallest absolute Gasteiger partial charge is 0.307 e. The number of likely N-dealkylation sites (tertiary alicyclic amines) is 1. The highest BCUT2D eigenvalue weighted by atomic mass is 35.5. The highest BCUT2D eigenvalue weighted by Gasteiger charge is 2.51. The van der Waals surface area contributed by atoms with Crippen molar-refractivity contribution in [2.75, 3.05) is 0 Å². The Bertz CT molecular complexity index is 1580. The summed E-state index contributed by atoms with van der Waals surface area (Å²) in [5.41, 5.74) is -0.476. The molecule has 0 spiro atoms. The molecule has 1 aliphatic carbocycles. The van der Waals surface area contributed by atoms with E-state index in [4.69, 9.17) is 16.3 Å². The molecule has 1 aliphatic heterocycles. The third-order valence-corrected chi connectivity index (χ3v) is 8.49. The number of nitriles is 1. The number of aromatic amines is 1. The minimum atomic E-state index is -0.913. The van der Waals surface area contributed by atoms with Gasteiger partial charge in [0, 0.05) is 23.1 Å². The molecule has 2 amide bonds. The van der Waals surface area contributed by atoms with Crippen molar-refractivity contribution in [1.29, 1.82) is 5.26 Å². The fraction of sp³-hybridized carbons (Fsp3) is 0.452. The van der Waals surface area contributed by atoms with Gasteiger partial charge in [-0.2, -0.15) is 10.4 Å². The zero-order chi connectivity index (χ0) is 31.0. The van der Waals surface area contributed by atoms with Crippen LogP contribution >= 0.6 is 11.6 Å². The van der Waals surface area contributed by atoms with Gasteiger partial charge in [0.1, 0.15) is 17.6 Å². The van der Waals surface area contributed by atoms with Crippen LogP contribution in [-0.4, -0.2) is 45.0 Å². The summed E-state index contributed by atoms with van der Waals surface area (Å²) in [5.74, 6) is -0.811. The first-order valence-electron chi connectivity index (χ1n) is 13.8. The quantitative estimate of drug-likeness (QED) is 0.429. The van der Waals surface area contributed by atoms with Crippen molar-refractivity contribution >= 4 is 23.4 Å². The lowest BCUT2D eigenvalue weighted by atomic mass is 9.75. The first-order valence-corrected chi connectivity index (χ1v) is 14.2. The van der Waals surface area contributed by atoms with Gasteiger partial charge in [0.25, 0.3) is 5.91 Å². The number of hydrogen-bond donors (Lipinski definition) is 2. The summed E-state index contributed by atoms with van der Waals surface area (Å²) in [6, 6.07) is 6.93. The second-order valence-electron chi connectivity index (χ2n) is 11.9. The minimum Gasteiger partial charge on any atom is -0.451 e. The maximum Gasteiger partial charge on any atom is 0.307 e. The highest BCUT2D eigenvalue weighted by Crippen LogP contribution is 2.48. The maximum absolute atomic E-state index is 14.1. The van der Waals surface area contributed by atoms with Gasteiger partial charge in [0.15, 0.2) is 5.75 Å². The number of H-pyrrole nitrogens is 1. The first kappa shape index (κ1) is 31.0. The number of aromatic nitrogens is 2. The molecule has 1 unspecified atom stereocenters. The van der Waals surface area contributed by atoms with Gasteiger partial charge in [-0.3, -0.25) is 14.4 Å². The van der Waals surface area contributed by atoms with Crippen LogP contribution in [0.3, 0.4) is 0 Å². The standard InChI is InChI=1S/C31H35ClFN5O4/c1-17-13-20(7-8-23(17)42-24-14-18(2)36-37-28(24)40)27(39)35-19(3)29(41)38-25(30(4,5)16-34)9-10-26(38)31(6)12-11-22(33)21(32)15-31/h7-8,11,13-15,19,25-26H,9-10,12H2,1-6H3,(H,35,39)(H,37,40)/t19-,25-,26+,31?/m1/s1. The average Bonchev–Trinajstić information content (AvgIpc) is 3.41. The molecular weight excluding hydrogens is 561 g/mol. The van der Waals surface area contributed by atoms with E-state index < -0.39 is 40.2 Å². The Morgan fingerprint density at radius 1 is 1.29 bits per heavy atom. The lowest BCUT2D eigenvalue weighted by Gasteiger charge is -2.44. The van der Waals surface area contributed by atoms with E-state index in [2.05, 4.69) is 21.6 Å². The van der Waals surface area contributed by atoms with E-state index in [1.165, 1.54) is 12.1 Å². The number of aryl methyl sites for hydroxylation is 2. The number of rotatable bonds is 7. The zero-order valence-electron chi connectivity index (χ0n) is 24.5. The summed E-state index contributed by atoms with van der Waals surface area (Å²) >= 11 is 6.17. The number of benzene rings is 1. The Morgan fingerprint density at radius 3 is 2.64 bits per heavy atom. The molecule has 1 aromatic carbocycles. The number of allylic oxidation sites excluding steroid dienone is 3. The largest absolute Gasteiger partial charge is 0.451 e. The van der Waals surface area contributed by atoms with Crippen molar-refractivity contribution in [2.45, 2.75) is 78.9 Å². The molecule has 4 atom stereocenters. The van der Waals surface area contributed by atoms with E-state index in [0.717, 1.165) is 0 Å². The molecule has 2 N–H and O–H groups in total. The average molecular weight is 596 g/mol. The van der Waals surface area contributed by atoms with Gasteiger partial charge in [-0.15, -0.1) is 0 Å². The van der Waals surface area contributed by atoms with Crippen molar-refractivity contribution < 1.29 is 18.7 Å². The van der Waals surface area contributed by atoms with E-state index in [1.807, 2.05) is 6.92 Å². The van der Waals surface area contributed by atoms with Gasteiger partial charge in [0.2, 0.25) is 5.91 Å². The number of nitrogens with one attached hydrogen (secondary N) is 2. The summed E-state index contributed by atoms with van der Waals surface area (Å²) in [6.07, 6.45) is 4.64. The molecule has 222 valence electrons. The van der Waals surface area contributed by atoms with Crippen LogP contribution in [0.15, 0.2) is 52.1 Å². The van der Waals surface area contributed by atoms with Crippen LogP contribution in [-0.2, 0) is 4.79 Å². The predicted molar refractivity (Wildman–Crippen MR) is 157 cm³/mol. The molecule has 2 aromatic rings. The van der Waals surface area contributed by atoms with Crippen molar-refractivity contribution in [3.8, 4) is 17.6 Å². The van der Waals surface area contributed by atoms with Gasteiger partial charge >= 0.3 is 5.56 Å². The second-order valence-corrected chi connectivity index (χ2v) is 12.3. The van der Waals surface area contributed by atoms with E-state index >= 15 is 0 Å². The van der Waals surface area contributed by atoms with E-state index in [-0.39, 0.29) is 22.7 Å². The van der Waals surface area contributed by atoms with Crippen LogP contribution in [0.4, 0.5) is 4.39 Å². The van der Waals surface area contributed by atoms with Crippen molar-refractivity contribution in [2.24, 2.45) is 10.8 Å². The second kappa shape index (κ2) is 11.7. The van der Waals surface area contributed by atoms with E-state index in [9.17, 15) is 24.0 Å². The normalized spacial score (nSPS) is 23.0. The molecule has 0 bridgehead atoms. The van der Waals surface area contributed by atoms with Gasteiger partial charge in [-0.25, -0.2) is 9.49 Å². The molecule has 0 saturated carbocycles. The highest BCUT2D eigenvalue weighted by molar-refractivity contribution is 6.31. The summed E-state index contributed by atoms with van der Waals surface area (Å²) in [7, 11) is 0. The monoisotopic (exact) mass is 595 g/mol. The number of nitrogens with zero attached hydrogens (tertiary/aromatic N) is 3. The Morgan fingerprint density at radius 2 is 2.00 bits per heavy atom. The molecule has 4 rings (SSSR count). The van der Waals surface area contributed by atoms with Crippen molar-refractivity contribution in [1.82, 2.24) is 20.4 Å². The molecule has 42 heavy (non-hydrogen) atoms. The van der Waals surface area contributed by atoms with E-state index in [0.29, 0.717) is 41.8 Å². The Balaban J connectivity index is 1.55. The third kappa shape index (κ3) is 6.12. The van der Waals surface area contributed by atoms with Crippen LogP contribution in [0.5, 0.6) is 11.5 Å². The summed E-state index contributed by atoms with van der Waals surface area (Å²) in [6.45, 7) is 10.6. The van der Waals surface area contributed by atoms with Crippen molar-refractivity contribution in [3.63, 3.8) is 0 Å². The zero-order valence-corrected chi connectivity index (χ0v) is 25.3. The number of ether oxygens (including phenoxy) is 1. The Labute approximate surface area is 249 Å². The van der Waals surface area contributed by atoms with Gasteiger partial charge in [-0.1, -0.05) is 24.6 Å². The van der Waals surface area contributed by atoms with Crippen LogP contribution in [0, 0.1) is 36.0 Å². The molecule has 0 radical (unpaired) electrons. The topological polar surface area (TPSA) is 128 Å². The van der Waals surface area contributed by atoms with Crippen LogP contribution < -0.4 is 15.6 Å². The Hall–Kier alpha value is -3.97. The molecule has 9 nitrogen and oxygen atoms in total. The molecule has 2 aliphatic rings. The van der Waals surface area contributed by atoms with E-state index in [1.54, 1.807) is 63.8 Å². The van der Waals surface area contributed by atoms with Crippen LogP contribution in [0.25, 0.3) is 0 Å². The summed E-state index contributed by atoms with van der Waals surface area (Å²) in [4.78, 5) is 41.0. The van der Waals surface area contributed by atoms with Gasteiger partial charge < -0.3 is 15.0 Å². The molecule has 1 fully saturated rings. The molecule has 1 saturated heterocycles. The van der Waals surface area contributed by atoms with Gasteiger partial charge in [-0.05, 0) is 83.7 Å². The molecular formula is C31H35ClFN5O4. The summed E-state index contributed by atoms with van der Waals surface area (Å²) < 4.78 is 19.8. The maximum atomic E-state index is 14.1. The predicted octanol–water partition coefficient (Wildman–Crippen LogP) is 5.59. The molecule has 1 aromatic heterocycles. The number of carbonyl (C=O) groups is 2. The fourth-order valence-corrected chi connectivity index (χ4v) is 6.08. The van der Waals surface area contributed by atoms with Crippen LogP contribution in [0.1, 0.15) is 68.6 Å². The fourth-order valence-electron chi connectivity index (χ4n) is 5.75. The number of amides is 2. The lowest BCUT2D eigenvalue weighted by molar-refractivity contribution is -0.139.